The first-order valence-corrected chi connectivity index (χ1v) is 4.85. The van der Waals surface area contributed by atoms with Crippen molar-refractivity contribution in [3.63, 3.8) is 0 Å². The molecule has 2 atom stereocenters. The van der Waals surface area contributed by atoms with Gasteiger partial charge in [0.1, 0.15) is 0 Å². The van der Waals surface area contributed by atoms with Gasteiger partial charge in [0.05, 0.1) is 6.17 Å². The topological polar surface area (TPSA) is 34.2 Å². The van der Waals surface area contributed by atoms with E-state index in [9.17, 15) is 0 Å². The third-order valence-corrected chi connectivity index (χ3v) is 2.94. The van der Waals surface area contributed by atoms with Gasteiger partial charge in [-0.05, 0) is 32.0 Å². The number of hydrogen-bond acceptors (Lipinski definition) is 2. The van der Waals surface area contributed by atoms with Gasteiger partial charge in [0, 0.05) is 25.0 Å². The maximum atomic E-state index is 5.99. The van der Waals surface area contributed by atoms with Gasteiger partial charge in [-0.15, -0.1) is 0 Å². The summed E-state index contributed by atoms with van der Waals surface area (Å²) in [6.45, 7) is 1.10. The van der Waals surface area contributed by atoms with Crippen LogP contribution in [0.1, 0.15) is 18.9 Å². The summed E-state index contributed by atoms with van der Waals surface area (Å²) in [5.74, 6) is 0. The van der Waals surface area contributed by atoms with Crippen molar-refractivity contribution in [2.75, 3.05) is 13.6 Å². The van der Waals surface area contributed by atoms with E-state index in [-0.39, 0.29) is 6.17 Å². The fraction of sp³-hybridized carbons (Fsp3) is 0.600. The van der Waals surface area contributed by atoms with Gasteiger partial charge in [0.2, 0.25) is 0 Å². The summed E-state index contributed by atoms with van der Waals surface area (Å²) in [5, 5.41) is 0. The smallest absolute Gasteiger partial charge is 0.0589 e. The van der Waals surface area contributed by atoms with Crippen molar-refractivity contribution in [3.05, 3.63) is 24.5 Å². The zero-order valence-corrected chi connectivity index (χ0v) is 8.06. The maximum Gasteiger partial charge on any atom is 0.0589 e. The molecule has 2 heterocycles. The largest absolute Gasteiger partial charge is 0.351 e. The fourth-order valence-corrected chi connectivity index (χ4v) is 1.96. The molecule has 3 nitrogen and oxygen atoms in total. The van der Waals surface area contributed by atoms with E-state index >= 15 is 0 Å². The Bertz CT molecular complexity index is 255. The Balaban J connectivity index is 2.03. The number of aromatic nitrogens is 1. The van der Waals surface area contributed by atoms with Crippen LogP contribution >= 0.6 is 0 Å². The van der Waals surface area contributed by atoms with Crippen LogP contribution in [-0.2, 0) is 0 Å². The van der Waals surface area contributed by atoms with E-state index in [1.54, 1.807) is 0 Å². The van der Waals surface area contributed by atoms with Crippen molar-refractivity contribution in [1.82, 2.24) is 9.47 Å². The van der Waals surface area contributed by atoms with E-state index in [0.29, 0.717) is 6.04 Å². The molecular weight excluding hydrogens is 162 g/mol. The Kier molecular flexibility index (Phi) is 2.38. The monoisotopic (exact) mass is 179 g/mol. The molecule has 1 fully saturated rings. The van der Waals surface area contributed by atoms with Crippen molar-refractivity contribution >= 4 is 0 Å². The number of rotatable bonds is 1. The summed E-state index contributed by atoms with van der Waals surface area (Å²) in [6, 6.07) is 4.74. The Hall–Kier alpha value is -0.800. The van der Waals surface area contributed by atoms with Gasteiger partial charge in [-0.2, -0.15) is 0 Å². The highest BCUT2D eigenvalue weighted by Gasteiger charge is 2.23. The average Bonchev–Trinajstić information content (AvgIpc) is 2.62. The summed E-state index contributed by atoms with van der Waals surface area (Å²) in [4.78, 5) is 2.22. The van der Waals surface area contributed by atoms with E-state index in [2.05, 4.69) is 41.0 Å². The van der Waals surface area contributed by atoms with Crippen LogP contribution in [0.2, 0.25) is 0 Å². The highest BCUT2D eigenvalue weighted by Crippen LogP contribution is 2.23. The molecule has 2 rings (SSSR count). The molecule has 0 saturated carbocycles. The van der Waals surface area contributed by atoms with Crippen LogP contribution in [-0.4, -0.2) is 29.2 Å². The molecule has 13 heavy (non-hydrogen) atoms. The van der Waals surface area contributed by atoms with Gasteiger partial charge in [-0.1, -0.05) is 0 Å². The number of likely N-dealkylation sites (tertiary alicyclic amines) is 1. The Labute approximate surface area is 79.1 Å². The zero-order chi connectivity index (χ0) is 9.26. The van der Waals surface area contributed by atoms with Crippen LogP contribution < -0.4 is 5.73 Å². The summed E-state index contributed by atoms with van der Waals surface area (Å²) < 4.78 is 2.27. The second-order valence-electron chi connectivity index (χ2n) is 3.86. The lowest BCUT2D eigenvalue weighted by Gasteiger charge is -2.35. The number of piperidine rings is 1. The van der Waals surface area contributed by atoms with Crippen LogP contribution in [0.5, 0.6) is 0 Å². The molecule has 0 aliphatic carbocycles. The van der Waals surface area contributed by atoms with E-state index in [1.165, 1.54) is 6.42 Å². The first-order chi connectivity index (χ1) is 6.27. The maximum absolute atomic E-state index is 5.99. The van der Waals surface area contributed by atoms with Gasteiger partial charge in [-0.3, -0.25) is 4.90 Å². The fourth-order valence-electron chi connectivity index (χ4n) is 1.96. The summed E-state index contributed by atoms with van der Waals surface area (Å²) in [7, 11) is 2.09. The summed E-state index contributed by atoms with van der Waals surface area (Å²) in [5.41, 5.74) is 5.99. The van der Waals surface area contributed by atoms with Gasteiger partial charge >= 0.3 is 0 Å². The molecule has 3 heteroatoms. The van der Waals surface area contributed by atoms with E-state index in [1.807, 2.05) is 0 Å². The molecular formula is C10H17N3. The van der Waals surface area contributed by atoms with Crippen molar-refractivity contribution in [2.24, 2.45) is 5.73 Å². The first kappa shape index (κ1) is 8.78. The molecule has 0 amide bonds. The van der Waals surface area contributed by atoms with Gasteiger partial charge in [-0.25, -0.2) is 0 Å². The van der Waals surface area contributed by atoms with Crippen LogP contribution in [0, 0.1) is 0 Å². The van der Waals surface area contributed by atoms with Crippen molar-refractivity contribution in [2.45, 2.75) is 25.0 Å². The number of hydrogen-bond donors (Lipinski definition) is 1. The van der Waals surface area contributed by atoms with Crippen LogP contribution in [0.4, 0.5) is 0 Å². The molecule has 1 aromatic heterocycles. The third kappa shape index (κ3) is 1.76. The highest BCUT2D eigenvalue weighted by atomic mass is 15.2. The van der Waals surface area contributed by atoms with Crippen molar-refractivity contribution < 1.29 is 0 Å². The second kappa shape index (κ2) is 3.52. The number of nitrogens with two attached hydrogens (primary N) is 1. The summed E-state index contributed by atoms with van der Waals surface area (Å²) in [6.07, 6.45) is 6.75. The van der Waals surface area contributed by atoms with E-state index < -0.39 is 0 Å². The van der Waals surface area contributed by atoms with Crippen LogP contribution in [0.3, 0.4) is 0 Å². The molecule has 0 aromatic carbocycles. The SMILES string of the molecule is CN1CCC(n2cccc2)CC1N. The van der Waals surface area contributed by atoms with E-state index in [0.717, 1.165) is 13.0 Å². The van der Waals surface area contributed by atoms with Crippen LogP contribution in [0.25, 0.3) is 0 Å². The normalized spacial score (nSPS) is 30.6. The molecule has 2 unspecified atom stereocenters. The molecule has 1 aromatic rings. The lowest BCUT2D eigenvalue weighted by Crippen LogP contribution is -2.45. The molecule has 0 radical (unpaired) electrons. The Morgan fingerprint density at radius 3 is 2.62 bits per heavy atom. The second-order valence-corrected chi connectivity index (χ2v) is 3.86. The minimum absolute atomic E-state index is 0.223. The average molecular weight is 179 g/mol. The third-order valence-electron chi connectivity index (χ3n) is 2.94. The first-order valence-electron chi connectivity index (χ1n) is 4.85. The Morgan fingerprint density at radius 2 is 2.00 bits per heavy atom. The van der Waals surface area contributed by atoms with Gasteiger partial charge in [0.25, 0.3) is 0 Å². The van der Waals surface area contributed by atoms with Crippen LogP contribution in [0.15, 0.2) is 24.5 Å². The van der Waals surface area contributed by atoms with Crippen molar-refractivity contribution in [3.8, 4) is 0 Å². The van der Waals surface area contributed by atoms with Gasteiger partial charge in [0.15, 0.2) is 0 Å². The molecule has 2 N–H and O–H groups in total. The van der Waals surface area contributed by atoms with E-state index in [4.69, 9.17) is 5.73 Å². The molecule has 1 aliphatic rings. The van der Waals surface area contributed by atoms with Crippen molar-refractivity contribution in [1.29, 1.82) is 0 Å². The lowest BCUT2D eigenvalue weighted by atomic mass is 10.0. The highest BCUT2D eigenvalue weighted by molar-refractivity contribution is 4.94. The quantitative estimate of drug-likeness (QED) is 0.699. The minimum atomic E-state index is 0.223. The standard InChI is InChI=1S/C10H17N3/c1-12-7-4-9(8-10(12)11)13-5-2-3-6-13/h2-3,5-6,9-10H,4,7-8,11H2,1H3. The predicted octanol–water partition coefficient (Wildman–Crippen LogP) is 1.04. The zero-order valence-electron chi connectivity index (χ0n) is 8.06. The predicted molar refractivity (Wildman–Crippen MR) is 53.3 cm³/mol. The molecule has 0 bridgehead atoms. The molecule has 72 valence electrons. The molecule has 1 aliphatic heterocycles. The van der Waals surface area contributed by atoms with Gasteiger partial charge < -0.3 is 10.3 Å². The summed E-state index contributed by atoms with van der Waals surface area (Å²) >= 11 is 0. The Morgan fingerprint density at radius 1 is 1.31 bits per heavy atom. The lowest BCUT2D eigenvalue weighted by molar-refractivity contribution is 0.149. The molecule has 1 saturated heterocycles. The molecule has 0 spiro atoms. The number of nitrogens with zero attached hydrogens (tertiary/aromatic N) is 2. The minimum Gasteiger partial charge on any atom is -0.351 e.